The molecule has 8 heteroatoms. The molecule has 1 saturated carbocycles. The van der Waals surface area contributed by atoms with E-state index in [4.69, 9.17) is 18.9 Å². The third-order valence-corrected chi connectivity index (χ3v) is 6.19. The van der Waals surface area contributed by atoms with E-state index in [0.29, 0.717) is 25.0 Å². The number of ketones is 1. The van der Waals surface area contributed by atoms with E-state index in [1.165, 1.54) is 6.26 Å². The van der Waals surface area contributed by atoms with E-state index in [0.717, 1.165) is 5.56 Å². The first-order chi connectivity index (χ1) is 17.7. The number of hydrogen-bond donors (Lipinski definition) is 1. The predicted molar refractivity (Wildman–Crippen MR) is 136 cm³/mol. The molecule has 4 atom stereocenters. The molecule has 1 heterocycles. The minimum Gasteiger partial charge on any atom is -0.493 e. The third-order valence-electron chi connectivity index (χ3n) is 6.19. The van der Waals surface area contributed by atoms with Gasteiger partial charge in [-0.2, -0.15) is 0 Å². The Balaban J connectivity index is 1.38. The van der Waals surface area contributed by atoms with Gasteiger partial charge < -0.3 is 24.3 Å². The standard InChI is InChI=1S/C29H33NO7/c1-29(2,3)37-28(33)30-23(16-19-10-6-4-7-11-19)27(32)36-21-14-15-22-24(17-21)34-18-25(26(22)31)35-20-12-8-5-9-13-20/h4-13,18,21-24H,14-17H2,1-3H3,(H,30,33). The fourth-order valence-corrected chi connectivity index (χ4v) is 4.47. The number of allylic oxidation sites excluding steroid dienone is 1. The third kappa shape index (κ3) is 7.35. The Bertz CT molecular complexity index is 1120. The highest BCUT2D eigenvalue weighted by Crippen LogP contribution is 2.35. The summed E-state index contributed by atoms with van der Waals surface area (Å²) in [4.78, 5) is 38.6. The molecule has 4 rings (SSSR count). The highest BCUT2D eigenvalue weighted by molar-refractivity contribution is 5.96. The number of rotatable bonds is 7. The Hall–Kier alpha value is -3.81. The molecule has 1 fully saturated rings. The van der Waals surface area contributed by atoms with Crippen LogP contribution in [0, 0.1) is 5.92 Å². The van der Waals surface area contributed by atoms with Gasteiger partial charge in [-0.1, -0.05) is 48.5 Å². The van der Waals surface area contributed by atoms with Crippen molar-refractivity contribution in [1.29, 1.82) is 0 Å². The highest BCUT2D eigenvalue weighted by Gasteiger charge is 2.42. The average molecular weight is 508 g/mol. The van der Waals surface area contributed by atoms with E-state index >= 15 is 0 Å². The number of Topliss-reactive ketones (excluding diaryl/α,β-unsaturated/α-hetero) is 1. The van der Waals surface area contributed by atoms with E-state index in [9.17, 15) is 14.4 Å². The lowest BCUT2D eigenvalue weighted by Crippen LogP contribution is -2.48. The zero-order valence-electron chi connectivity index (χ0n) is 21.3. The molecule has 1 aliphatic heterocycles. The Morgan fingerprint density at radius 2 is 1.70 bits per heavy atom. The first kappa shape index (κ1) is 26.3. The second-order valence-electron chi connectivity index (χ2n) is 10.3. The molecule has 2 aliphatic rings. The van der Waals surface area contributed by atoms with Gasteiger partial charge in [-0.15, -0.1) is 0 Å². The van der Waals surface area contributed by atoms with Crippen LogP contribution in [-0.4, -0.2) is 41.7 Å². The van der Waals surface area contributed by atoms with Crippen LogP contribution in [0.5, 0.6) is 5.75 Å². The van der Waals surface area contributed by atoms with E-state index in [1.807, 2.05) is 48.5 Å². The number of carbonyl (C=O) groups excluding carboxylic acids is 3. The Kier molecular flexibility index (Phi) is 8.16. The lowest BCUT2D eigenvalue weighted by molar-refractivity contribution is -0.157. The monoisotopic (exact) mass is 507 g/mol. The van der Waals surface area contributed by atoms with Gasteiger partial charge in [0, 0.05) is 12.8 Å². The van der Waals surface area contributed by atoms with Crippen molar-refractivity contribution in [3.05, 3.63) is 78.2 Å². The minimum atomic E-state index is -0.922. The van der Waals surface area contributed by atoms with E-state index in [-0.39, 0.29) is 23.9 Å². The van der Waals surface area contributed by atoms with Crippen LogP contribution in [0.25, 0.3) is 0 Å². The number of alkyl carbamates (subject to hydrolysis) is 1. The first-order valence-corrected chi connectivity index (χ1v) is 12.5. The highest BCUT2D eigenvalue weighted by atomic mass is 16.6. The van der Waals surface area contributed by atoms with E-state index < -0.39 is 35.9 Å². The molecule has 1 amide bonds. The summed E-state index contributed by atoms with van der Waals surface area (Å²) in [5.41, 5.74) is 0.173. The molecule has 0 radical (unpaired) electrons. The Morgan fingerprint density at radius 1 is 1.03 bits per heavy atom. The number of esters is 1. The number of para-hydroxylation sites is 1. The quantitative estimate of drug-likeness (QED) is 0.541. The van der Waals surface area contributed by atoms with Crippen LogP contribution in [0.4, 0.5) is 4.79 Å². The molecule has 0 bridgehead atoms. The molecule has 37 heavy (non-hydrogen) atoms. The number of hydrogen-bond acceptors (Lipinski definition) is 7. The van der Waals surface area contributed by atoms with Crippen molar-refractivity contribution in [3.63, 3.8) is 0 Å². The lowest BCUT2D eigenvalue weighted by Gasteiger charge is -2.37. The number of fused-ring (bicyclic) bond motifs is 1. The predicted octanol–water partition coefficient (Wildman–Crippen LogP) is 4.72. The van der Waals surface area contributed by atoms with Gasteiger partial charge in [-0.05, 0) is 51.3 Å². The second kappa shape index (κ2) is 11.5. The molecule has 8 nitrogen and oxygen atoms in total. The number of amides is 1. The van der Waals surface area contributed by atoms with Gasteiger partial charge in [0.1, 0.15) is 35.9 Å². The summed E-state index contributed by atoms with van der Waals surface area (Å²) in [6.07, 6.45) is 1.45. The molecular weight excluding hydrogens is 474 g/mol. The van der Waals surface area contributed by atoms with Crippen LogP contribution >= 0.6 is 0 Å². The fraction of sp³-hybridized carbons (Fsp3) is 0.414. The maximum absolute atomic E-state index is 13.2. The molecule has 196 valence electrons. The maximum Gasteiger partial charge on any atom is 0.408 e. The lowest BCUT2D eigenvalue weighted by atomic mass is 9.80. The first-order valence-electron chi connectivity index (χ1n) is 12.5. The van der Waals surface area contributed by atoms with E-state index in [1.54, 1.807) is 32.9 Å². The number of ether oxygens (including phenoxy) is 4. The zero-order chi connectivity index (χ0) is 26.4. The van der Waals surface area contributed by atoms with E-state index in [2.05, 4.69) is 5.32 Å². The van der Waals surface area contributed by atoms with Gasteiger partial charge in [0.2, 0.25) is 11.5 Å². The molecule has 0 saturated heterocycles. The molecule has 4 unspecified atom stereocenters. The van der Waals surface area contributed by atoms with Crippen molar-refractivity contribution in [1.82, 2.24) is 5.32 Å². The van der Waals surface area contributed by atoms with Crippen molar-refractivity contribution < 1.29 is 33.3 Å². The van der Waals surface area contributed by atoms with Crippen LogP contribution in [0.3, 0.4) is 0 Å². The van der Waals surface area contributed by atoms with Crippen molar-refractivity contribution >= 4 is 17.8 Å². The fourth-order valence-electron chi connectivity index (χ4n) is 4.47. The average Bonchev–Trinajstić information content (AvgIpc) is 2.85. The Morgan fingerprint density at radius 3 is 2.38 bits per heavy atom. The van der Waals surface area contributed by atoms with Crippen molar-refractivity contribution in [2.75, 3.05) is 0 Å². The molecule has 2 aromatic rings. The largest absolute Gasteiger partial charge is 0.493 e. The summed E-state index contributed by atoms with van der Waals surface area (Å²) in [7, 11) is 0. The zero-order valence-corrected chi connectivity index (χ0v) is 21.3. The van der Waals surface area contributed by atoms with Gasteiger partial charge in [0.25, 0.3) is 0 Å². The van der Waals surface area contributed by atoms with Crippen LogP contribution in [0.15, 0.2) is 72.7 Å². The topological polar surface area (TPSA) is 100 Å². The SMILES string of the molecule is CC(C)(C)OC(=O)NC(Cc1ccccc1)C(=O)OC1CCC2C(=O)C(Oc3ccccc3)=COC2C1. The van der Waals surface area contributed by atoms with Gasteiger partial charge in [0.05, 0.1) is 5.92 Å². The molecule has 2 aromatic carbocycles. The summed E-state index contributed by atoms with van der Waals surface area (Å²) in [6, 6.07) is 17.5. The van der Waals surface area contributed by atoms with Crippen molar-refractivity contribution in [2.24, 2.45) is 5.92 Å². The summed E-state index contributed by atoms with van der Waals surface area (Å²) in [6.45, 7) is 5.27. The molecule has 0 spiro atoms. The normalized spacial score (nSPS) is 22.0. The summed E-state index contributed by atoms with van der Waals surface area (Å²) < 4.78 is 22.7. The smallest absolute Gasteiger partial charge is 0.408 e. The van der Waals surface area contributed by atoms with Crippen LogP contribution in [-0.2, 0) is 30.2 Å². The molecule has 0 aromatic heterocycles. The van der Waals surface area contributed by atoms with Crippen LogP contribution in [0.1, 0.15) is 45.6 Å². The number of carbonyl (C=O) groups is 3. The van der Waals surface area contributed by atoms with Crippen molar-refractivity contribution in [2.45, 2.75) is 70.3 Å². The summed E-state index contributed by atoms with van der Waals surface area (Å²) in [5.74, 6) is -0.290. The minimum absolute atomic E-state index is 0.113. The number of benzene rings is 2. The maximum atomic E-state index is 13.2. The summed E-state index contributed by atoms with van der Waals surface area (Å²) in [5, 5.41) is 2.66. The van der Waals surface area contributed by atoms with Crippen LogP contribution < -0.4 is 10.1 Å². The van der Waals surface area contributed by atoms with Crippen LogP contribution in [0.2, 0.25) is 0 Å². The molecular formula is C29H33NO7. The van der Waals surface area contributed by atoms with Gasteiger partial charge >= 0.3 is 12.1 Å². The van der Waals surface area contributed by atoms with Gasteiger partial charge in [-0.25, -0.2) is 9.59 Å². The molecule has 1 N–H and O–H groups in total. The Labute approximate surface area is 216 Å². The second-order valence-corrected chi connectivity index (χ2v) is 10.3. The molecule has 1 aliphatic carbocycles. The summed E-state index contributed by atoms with van der Waals surface area (Å²) >= 11 is 0. The van der Waals surface area contributed by atoms with Gasteiger partial charge in [0.15, 0.2) is 0 Å². The number of nitrogens with one attached hydrogen (secondary N) is 1. The van der Waals surface area contributed by atoms with Crippen molar-refractivity contribution in [3.8, 4) is 5.75 Å². The van der Waals surface area contributed by atoms with Gasteiger partial charge in [-0.3, -0.25) is 4.79 Å².